The Bertz CT molecular complexity index is 527. The highest BCUT2D eigenvalue weighted by Crippen LogP contribution is 2.22. The van der Waals surface area contributed by atoms with E-state index in [0.29, 0.717) is 25.9 Å². The SMILES string of the molecule is CCc1cccc(CC)c1NC(=O)C(=O)N1CCC(O)CC1. The number of aryl methyl sites for hydroxylation is 2. The number of anilines is 1. The third kappa shape index (κ3) is 3.65. The molecule has 2 rings (SSSR count). The van der Waals surface area contributed by atoms with Crippen molar-refractivity contribution in [2.75, 3.05) is 18.4 Å². The summed E-state index contributed by atoms with van der Waals surface area (Å²) < 4.78 is 0. The predicted octanol–water partition coefficient (Wildman–Crippen LogP) is 1.73. The van der Waals surface area contributed by atoms with Gasteiger partial charge in [0, 0.05) is 18.8 Å². The topological polar surface area (TPSA) is 69.6 Å². The van der Waals surface area contributed by atoms with Gasteiger partial charge >= 0.3 is 11.8 Å². The van der Waals surface area contributed by atoms with Gasteiger partial charge in [-0.3, -0.25) is 9.59 Å². The number of carbonyl (C=O) groups is 2. The Morgan fingerprint density at radius 1 is 1.18 bits per heavy atom. The molecule has 5 nitrogen and oxygen atoms in total. The summed E-state index contributed by atoms with van der Waals surface area (Å²) >= 11 is 0. The van der Waals surface area contributed by atoms with Crippen molar-refractivity contribution in [3.05, 3.63) is 29.3 Å². The first-order valence-corrected chi connectivity index (χ1v) is 7.95. The number of carbonyl (C=O) groups excluding carboxylic acids is 2. The Kier molecular flexibility index (Phi) is 5.55. The number of likely N-dealkylation sites (tertiary alicyclic amines) is 1. The van der Waals surface area contributed by atoms with Crippen LogP contribution < -0.4 is 5.32 Å². The van der Waals surface area contributed by atoms with Crippen molar-refractivity contribution in [3.63, 3.8) is 0 Å². The van der Waals surface area contributed by atoms with Crippen molar-refractivity contribution in [2.24, 2.45) is 0 Å². The summed E-state index contributed by atoms with van der Waals surface area (Å²) in [5.74, 6) is -1.10. The maximum Gasteiger partial charge on any atom is 0.313 e. The van der Waals surface area contributed by atoms with E-state index in [-0.39, 0.29) is 6.10 Å². The highest BCUT2D eigenvalue weighted by atomic mass is 16.3. The lowest BCUT2D eigenvalue weighted by molar-refractivity contribution is -0.144. The fraction of sp³-hybridized carbons (Fsp3) is 0.529. The van der Waals surface area contributed by atoms with E-state index in [4.69, 9.17) is 0 Å². The maximum atomic E-state index is 12.3. The van der Waals surface area contributed by atoms with Crippen LogP contribution in [0.5, 0.6) is 0 Å². The first kappa shape index (κ1) is 16.5. The van der Waals surface area contributed by atoms with Crippen molar-refractivity contribution in [3.8, 4) is 0 Å². The van der Waals surface area contributed by atoms with Gasteiger partial charge in [0.25, 0.3) is 0 Å². The lowest BCUT2D eigenvalue weighted by atomic mass is 10.0. The van der Waals surface area contributed by atoms with Gasteiger partial charge < -0.3 is 15.3 Å². The van der Waals surface area contributed by atoms with Crippen LogP contribution in [-0.2, 0) is 22.4 Å². The second-order valence-electron chi connectivity index (χ2n) is 5.64. The molecule has 1 saturated heterocycles. The fourth-order valence-electron chi connectivity index (χ4n) is 2.78. The van der Waals surface area contributed by atoms with Gasteiger partial charge in [0.1, 0.15) is 0 Å². The molecular weight excluding hydrogens is 280 g/mol. The van der Waals surface area contributed by atoms with Crippen LogP contribution >= 0.6 is 0 Å². The smallest absolute Gasteiger partial charge is 0.313 e. The zero-order valence-corrected chi connectivity index (χ0v) is 13.3. The first-order chi connectivity index (χ1) is 10.6. The molecule has 0 spiro atoms. The summed E-state index contributed by atoms with van der Waals surface area (Å²) in [5, 5.41) is 12.3. The van der Waals surface area contributed by atoms with E-state index in [2.05, 4.69) is 5.32 Å². The van der Waals surface area contributed by atoms with Crippen molar-refractivity contribution in [1.82, 2.24) is 4.90 Å². The quantitative estimate of drug-likeness (QED) is 0.836. The molecule has 22 heavy (non-hydrogen) atoms. The molecule has 0 saturated carbocycles. The Balaban J connectivity index is 2.10. The summed E-state index contributed by atoms with van der Waals surface area (Å²) in [4.78, 5) is 26.0. The number of aliphatic hydroxyl groups is 1. The van der Waals surface area contributed by atoms with Gasteiger partial charge in [0.15, 0.2) is 0 Å². The number of nitrogens with zero attached hydrogens (tertiary/aromatic N) is 1. The molecule has 0 radical (unpaired) electrons. The lowest BCUT2D eigenvalue weighted by Crippen LogP contribution is -2.45. The fourth-order valence-corrected chi connectivity index (χ4v) is 2.78. The number of hydrogen-bond acceptors (Lipinski definition) is 3. The standard InChI is InChI=1S/C17H24N2O3/c1-3-12-6-5-7-13(4-2)15(12)18-16(21)17(22)19-10-8-14(20)9-11-19/h5-7,14,20H,3-4,8-11H2,1-2H3,(H,18,21). The number of hydrogen-bond donors (Lipinski definition) is 2. The molecular formula is C17H24N2O3. The van der Waals surface area contributed by atoms with Crippen molar-refractivity contribution >= 4 is 17.5 Å². The summed E-state index contributed by atoms with van der Waals surface area (Å²) in [6.07, 6.45) is 2.30. The summed E-state index contributed by atoms with van der Waals surface area (Å²) in [6.45, 7) is 4.92. The molecule has 0 bridgehead atoms. The second kappa shape index (κ2) is 7.40. The highest BCUT2D eigenvalue weighted by Gasteiger charge is 2.26. The van der Waals surface area contributed by atoms with Gasteiger partial charge in [-0.1, -0.05) is 32.0 Å². The van der Waals surface area contributed by atoms with Crippen LogP contribution in [0.15, 0.2) is 18.2 Å². The number of amides is 2. The van der Waals surface area contributed by atoms with Crippen LogP contribution in [0.4, 0.5) is 5.69 Å². The Morgan fingerprint density at radius 2 is 1.73 bits per heavy atom. The van der Waals surface area contributed by atoms with Gasteiger partial charge in [0.2, 0.25) is 0 Å². The van der Waals surface area contributed by atoms with Gasteiger partial charge in [0.05, 0.1) is 6.10 Å². The average Bonchev–Trinajstić information content (AvgIpc) is 2.55. The predicted molar refractivity (Wildman–Crippen MR) is 85.6 cm³/mol. The summed E-state index contributed by atoms with van der Waals surface area (Å²) in [6, 6.07) is 5.91. The van der Waals surface area contributed by atoms with E-state index in [0.717, 1.165) is 29.7 Å². The molecule has 0 aromatic heterocycles. The van der Waals surface area contributed by atoms with Crippen LogP contribution in [0.3, 0.4) is 0 Å². The lowest BCUT2D eigenvalue weighted by Gasteiger charge is -2.29. The van der Waals surface area contributed by atoms with Crippen LogP contribution in [-0.4, -0.2) is 41.0 Å². The minimum Gasteiger partial charge on any atom is -0.393 e. The van der Waals surface area contributed by atoms with E-state index in [9.17, 15) is 14.7 Å². The molecule has 1 aliphatic rings. The largest absolute Gasteiger partial charge is 0.393 e. The number of nitrogens with one attached hydrogen (secondary N) is 1. The number of benzene rings is 1. The van der Waals surface area contributed by atoms with Gasteiger partial charge in [-0.25, -0.2) is 0 Å². The number of rotatable bonds is 3. The molecule has 2 N–H and O–H groups in total. The zero-order chi connectivity index (χ0) is 16.1. The van der Waals surface area contributed by atoms with Crippen molar-refractivity contribution < 1.29 is 14.7 Å². The van der Waals surface area contributed by atoms with E-state index < -0.39 is 11.8 Å². The van der Waals surface area contributed by atoms with E-state index >= 15 is 0 Å². The molecule has 0 atom stereocenters. The zero-order valence-electron chi connectivity index (χ0n) is 13.3. The minimum absolute atomic E-state index is 0.361. The molecule has 5 heteroatoms. The van der Waals surface area contributed by atoms with Crippen molar-refractivity contribution in [1.29, 1.82) is 0 Å². The summed E-state index contributed by atoms with van der Waals surface area (Å²) in [7, 11) is 0. The Morgan fingerprint density at radius 3 is 2.23 bits per heavy atom. The van der Waals surface area contributed by atoms with E-state index in [1.165, 1.54) is 4.90 Å². The van der Waals surface area contributed by atoms with E-state index in [1.807, 2.05) is 32.0 Å². The number of aliphatic hydroxyl groups excluding tert-OH is 1. The molecule has 1 aromatic rings. The van der Waals surface area contributed by atoms with Crippen LogP contribution in [0.1, 0.15) is 37.8 Å². The average molecular weight is 304 g/mol. The molecule has 1 heterocycles. The molecule has 120 valence electrons. The van der Waals surface area contributed by atoms with Crippen LogP contribution in [0.25, 0.3) is 0 Å². The highest BCUT2D eigenvalue weighted by molar-refractivity contribution is 6.39. The molecule has 1 fully saturated rings. The van der Waals surface area contributed by atoms with Crippen LogP contribution in [0.2, 0.25) is 0 Å². The van der Waals surface area contributed by atoms with Gasteiger partial charge in [-0.05, 0) is 36.8 Å². The second-order valence-corrected chi connectivity index (χ2v) is 5.64. The molecule has 2 amide bonds. The molecule has 0 aliphatic carbocycles. The maximum absolute atomic E-state index is 12.3. The Labute approximate surface area is 131 Å². The monoisotopic (exact) mass is 304 g/mol. The number of para-hydroxylation sites is 1. The van der Waals surface area contributed by atoms with Crippen LogP contribution in [0, 0.1) is 0 Å². The minimum atomic E-state index is -0.591. The molecule has 1 aromatic carbocycles. The van der Waals surface area contributed by atoms with Gasteiger partial charge in [-0.15, -0.1) is 0 Å². The van der Waals surface area contributed by atoms with Gasteiger partial charge in [-0.2, -0.15) is 0 Å². The third-order valence-corrected chi connectivity index (χ3v) is 4.18. The number of piperidine rings is 1. The molecule has 0 unspecified atom stereocenters. The van der Waals surface area contributed by atoms with Crippen molar-refractivity contribution in [2.45, 2.75) is 45.6 Å². The Hall–Kier alpha value is -1.88. The normalized spacial score (nSPS) is 15.7. The summed E-state index contributed by atoms with van der Waals surface area (Å²) in [5.41, 5.74) is 2.84. The van der Waals surface area contributed by atoms with E-state index in [1.54, 1.807) is 0 Å². The first-order valence-electron chi connectivity index (χ1n) is 7.95. The third-order valence-electron chi connectivity index (χ3n) is 4.18. The molecule has 1 aliphatic heterocycles.